The molecule has 1 saturated heterocycles. The zero-order chi connectivity index (χ0) is 17.9. The van der Waals surface area contributed by atoms with Gasteiger partial charge in [0.05, 0.1) is 11.9 Å². The maximum atomic E-state index is 10.7. The molecule has 0 saturated carbocycles. The Morgan fingerprint density at radius 2 is 1.96 bits per heavy atom. The molecule has 132 valence electrons. The van der Waals surface area contributed by atoms with Crippen molar-refractivity contribution in [3.8, 4) is 0 Å². The number of hydrogen-bond acceptors (Lipinski definition) is 4. The number of aromatic nitrogens is 2. The minimum atomic E-state index is -0.381. The number of nitrogens with zero attached hydrogens (tertiary/aromatic N) is 1. The lowest BCUT2D eigenvalue weighted by Crippen LogP contribution is -2.09. The van der Waals surface area contributed by atoms with Gasteiger partial charge in [0.15, 0.2) is 0 Å². The SMILES string of the molecule is C1CCOCC1.C=C/C=C\C.CC.CNc1cn[nH]c(=O)c1Cl. The van der Waals surface area contributed by atoms with Crippen LogP contribution in [0.1, 0.15) is 40.0 Å². The summed E-state index contributed by atoms with van der Waals surface area (Å²) in [5.74, 6) is 0. The summed E-state index contributed by atoms with van der Waals surface area (Å²) in [7, 11) is 1.67. The van der Waals surface area contributed by atoms with Crippen LogP contribution in [-0.4, -0.2) is 30.5 Å². The summed E-state index contributed by atoms with van der Waals surface area (Å²) in [5, 5.41) is 8.59. The molecule has 1 aliphatic heterocycles. The normalized spacial score (nSPS) is 12.6. The van der Waals surface area contributed by atoms with Gasteiger partial charge >= 0.3 is 0 Å². The average molecular weight is 344 g/mol. The Hall–Kier alpha value is -1.59. The van der Waals surface area contributed by atoms with Crippen molar-refractivity contribution in [2.24, 2.45) is 0 Å². The number of rotatable bonds is 2. The van der Waals surface area contributed by atoms with Crippen molar-refractivity contribution in [3.63, 3.8) is 0 Å². The molecule has 5 nitrogen and oxygen atoms in total. The van der Waals surface area contributed by atoms with Crippen molar-refractivity contribution < 1.29 is 4.74 Å². The molecule has 1 aromatic heterocycles. The number of ether oxygens (including phenoxy) is 1. The molecule has 2 heterocycles. The van der Waals surface area contributed by atoms with Crippen molar-refractivity contribution in [1.29, 1.82) is 0 Å². The Morgan fingerprint density at radius 1 is 1.35 bits per heavy atom. The Kier molecular flexibility index (Phi) is 19.0. The molecule has 0 radical (unpaired) electrons. The molecular formula is C17H30ClN3O2. The summed E-state index contributed by atoms with van der Waals surface area (Å²) in [5.41, 5.74) is 0.152. The topological polar surface area (TPSA) is 67.0 Å². The summed E-state index contributed by atoms with van der Waals surface area (Å²) in [6.07, 6.45) is 11.0. The molecule has 2 rings (SSSR count). The largest absolute Gasteiger partial charge is 0.385 e. The minimum absolute atomic E-state index is 0.137. The number of allylic oxidation sites excluding steroid dienone is 3. The molecule has 23 heavy (non-hydrogen) atoms. The van der Waals surface area contributed by atoms with Gasteiger partial charge in [-0.3, -0.25) is 4.79 Å². The molecule has 2 N–H and O–H groups in total. The maximum absolute atomic E-state index is 10.7. The van der Waals surface area contributed by atoms with Crippen LogP contribution in [0.15, 0.2) is 35.8 Å². The predicted molar refractivity (Wildman–Crippen MR) is 100 cm³/mol. The van der Waals surface area contributed by atoms with Crippen molar-refractivity contribution in [1.82, 2.24) is 10.2 Å². The third kappa shape index (κ3) is 13.8. The molecule has 0 aromatic carbocycles. The van der Waals surface area contributed by atoms with E-state index < -0.39 is 0 Å². The van der Waals surface area contributed by atoms with Crippen LogP contribution in [0.5, 0.6) is 0 Å². The molecule has 1 fully saturated rings. The van der Waals surface area contributed by atoms with Gasteiger partial charge < -0.3 is 10.1 Å². The Labute approximate surface area is 144 Å². The summed E-state index contributed by atoms with van der Waals surface area (Å²) < 4.78 is 5.07. The smallest absolute Gasteiger partial charge is 0.285 e. The van der Waals surface area contributed by atoms with Crippen molar-refractivity contribution in [3.05, 3.63) is 46.4 Å². The predicted octanol–water partition coefficient (Wildman–Crippen LogP) is 4.43. The quantitative estimate of drug-likeness (QED) is 0.780. The molecule has 0 unspecified atom stereocenters. The molecule has 0 spiro atoms. The second-order valence-electron chi connectivity index (χ2n) is 4.11. The van der Waals surface area contributed by atoms with Gasteiger partial charge in [0.2, 0.25) is 0 Å². The highest BCUT2D eigenvalue weighted by Crippen LogP contribution is 2.12. The first kappa shape index (κ1) is 23.7. The van der Waals surface area contributed by atoms with E-state index in [0.29, 0.717) is 5.69 Å². The van der Waals surface area contributed by atoms with E-state index in [1.54, 1.807) is 13.1 Å². The van der Waals surface area contributed by atoms with Crippen LogP contribution in [0.4, 0.5) is 5.69 Å². The summed E-state index contributed by atoms with van der Waals surface area (Å²) in [6.45, 7) is 11.4. The molecule has 0 atom stereocenters. The van der Waals surface area contributed by atoms with Crippen LogP contribution in [0.25, 0.3) is 0 Å². The number of nitrogens with one attached hydrogen (secondary N) is 2. The van der Waals surface area contributed by atoms with E-state index in [1.807, 2.05) is 32.9 Å². The first-order chi connectivity index (χ1) is 11.2. The first-order valence-corrected chi connectivity index (χ1v) is 8.27. The molecule has 0 aliphatic carbocycles. The lowest BCUT2D eigenvalue weighted by molar-refractivity contribution is 0.0968. The monoisotopic (exact) mass is 343 g/mol. The first-order valence-electron chi connectivity index (χ1n) is 7.89. The Balaban J connectivity index is 0. The van der Waals surface area contributed by atoms with Gasteiger partial charge in [-0.2, -0.15) is 5.10 Å². The Morgan fingerprint density at radius 3 is 2.22 bits per heavy atom. The second kappa shape index (κ2) is 18.5. The average Bonchev–Trinajstić information content (AvgIpc) is 2.62. The van der Waals surface area contributed by atoms with Crippen LogP contribution in [0.2, 0.25) is 5.02 Å². The summed E-state index contributed by atoms with van der Waals surface area (Å²) in [4.78, 5) is 10.7. The highest BCUT2D eigenvalue weighted by Gasteiger charge is 2.00. The van der Waals surface area contributed by atoms with Crippen LogP contribution >= 0.6 is 11.6 Å². The summed E-state index contributed by atoms with van der Waals surface area (Å²) in [6, 6.07) is 0. The fraction of sp³-hybridized carbons (Fsp3) is 0.529. The molecule has 6 heteroatoms. The molecule has 0 bridgehead atoms. The number of aromatic amines is 1. The van der Waals surface area contributed by atoms with Crippen molar-refractivity contribution in [2.45, 2.75) is 40.0 Å². The Bertz CT molecular complexity index is 458. The van der Waals surface area contributed by atoms with Crippen molar-refractivity contribution >= 4 is 17.3 Å². The standard InChI is InChI=1S/C5H6ClN3O.C5H10O.C5H8.C2H6/c1-7-3-2-8-9-5(10)4(3)6;1-2-4-6-5-3-1;1-3-5-4-2;1-2/h2H,1H3,(H2,7,9,10);1-5H2;3-5H,1H2,2H3;1-2H3/b;;5-4-;. The molecular weight excluding hydrogens is 314 g/mol. The third-order valence-corrected chi connectivity index (χ3v) is 2.85. The van der Waals surface area contributed by atoms with Gasteiger partial charge in [0, 0.05) is 20.3 Å². The lowest BCUT2D eigenvalue weighted by Gasteiger charge is -2.08. The maximum Gasteiger partial charge on any atom is 0.285 e. The van der Waals surface area contributed by atoms with E-state index in [-0.39, 0.29) is 10.6 Å². The van der Waals surface area contributed by atoms with E-state index in [1.165, 1.54) is 25.5 Å². The number of halogens is 1. The van der Waals surface area contributed by atoms with Crippen LogP contribution in [0, 0.1) is 0 Å². The summed E-state index contributed by atoms with van der Waals surface area (Å²) >= 11 is 5.55. The van der Waals surface area contributed by atoms with Gasteiger partial charge in [-0.15, -0.1) is 0 Å². The second-order valence-corrected chi connectivity index (χ2v) is 4.49. The highest BCUT2D eigenvalue weighted by atomic mass is 35.5. The van der Waals surface area contributed by atoms with Gasteiger partial charge in [-0.25, -0.2) is 5.10 Å². The molecule has 1 aromatic rings. The van der Waals surface area contributed by atoms with E-state index in [4.69, 9.17) is 16.3 Å². The van der Waals surface area contributed by atoms with Crippen molar-refractivity contribution in [2.75, 3.05) is 25.6 Å². The van der Waals surface area contributed by atoms with Crippen LogP contribution in [-0.2, 0) is 4.74 Å². The highest BCUT2D eigenvalue weighted by molar-refractivity contribution is 6.32. The van der Waals surface area contributed by atoms with E-state index >= 15 is 0 Å². The minimum Gasteiger partial charge on any atom is -0.385 e. The van der Waals surface area contributed by atoms with E-state index in [0.717, 1.165) is 13.2 Å². The zero-order valence-electron chi connectivity index (χ0n) is 14.7. The third-order valence-electron chi connectivity index (χ3n) is 2.47. The number of anilines is 1. The zero-order valence-corrected chi connectivity index (χ0v) is 15.4. The fourth-order valence-electron chi connectivity index (χ4n) is 1.38. The van der Waals surface area contributed by atoms with E-state index in [2.05, 4.69) is 22.1 Å². The van der Waals surface area contributed by atoms with Crippen LogP contribution in [0.3, 0.4) is 0 Å². The van der Waals surface area contributed by atoms with Gasteiger partial charge in [-0.1, -0.05) is 50.3 Å². The molecule has 0 amide bonds. The number of hydrogen-bond donors (Lipinski definition) is 2. The molecule has 1 aliphatic rings. The lowest BCUT2D eigenvalue weighted by atomic mass is 10.2. The van der Waals surface area contributed by atoms with Gasteiger partial charge in [0.25, 0.3) is 5.56 Å². The van der Waals surface area contributed by atoms with E-state index in [9.17, 15) is 4.79 Å². The fourth-order valence-corrected chi connectivity index (χ4v) is 1.57. The van der Waals surface area contributed by atoms with Gasteiger partial charge in [0.1, 0.15) is 5.02 Å². The van der Waals surface area contributed by atoms with Crippen LogP contribution < -0.4 is 10.9 Å². The van der Waals surface area contributed by atoms with Gasteiger partial charge in [-0.05, 0) is 26.2 Å². The number of H-pyrrole nitrogens is 1.